The van der Waals surface area contributed by atoms with Crippen molar-refractivity contribution in [2.24, 2.45) is 0 Å². The predicted octanol–water partition coefficient (Wildman–Crippen LogP) is 4.81. The molecule has 0 N–H and O–H groups in total. The normalized spacial score (nSPS) is 29.3. The molecule has 150 valence electrons. The Morgan fingerprint density at radius 3 is 0.880 bits per heavy atom. The van der Waals surface area contributed by atoms with Crippen LogP contribution < -0.4 is 0 Å². The average molecular weight is 425 g/mol. The van der Waals surface area contributed by atoms with E-state index in [9.17, 15) is 0 Å². The molecule has 1 rings (SSSR count). The third-order valence-electron chi connectivity index (χ3n) is 3.05. The second kappa shape index (κ2) is 7.96. The van der Waals surface area contributed by atoms with Crippen molar-refractivity contribution in [2.45, 2.75) is 103 Å². The summed E-state index contributed by atoms with van der Waals surface area (Å²) >= 11 is 0. The minimum absolute atomic E-state index is 0.230. The van der Waals surface area contributed by atoms with Crippen molar-refractivity contribution in [2.75, 3.05) is 0 Å². The maximum Gasteiger partial charge on any atom is 0.187 e. The van der Waals surface area contributed by atoms with Crippen LogP contribution in [0.3, 0.4) is 0 Å². The van der Waals surface area contributed by atoms with Gasteiger partial charge in [0.05, 0.1) is 0 Å². The van der Waals surface area contributed by atoms with Gasteiger partial charge in [-0.1, -0.05) is 0 Å². The van der Waals surface area contributed by atoms with Crippen molar-refractivity contribution in [1.29, 1.82) is 0 Å². The van der Waals surface area contributed by atoms with Gasteiger partial charge in [-0.2, -0.15) is 0 Å². The van der Waals surface area contributed by atoms with Gasteiger partial charge in [-0.3, -0.25) is 0 Å². The molecule has 5 nitrogen and oxygen atoms in total. The Morgan fingerprint density at radius 1 is 0.440 bits per heavy atom. The lowest BCUT2D eigenvalue weighted by atomic mass is 10.2. The standard InChI is InChI=1S/C16H40O5Si4/c1-22(2,3)18-13-14(19-23(4,5)6)16(21-25(10,11)12)17-15(13)20-24(7,8)9/h13-16H,1-12H3/t13-,14-,15+,16+/m0/s1. The molecule has 1 fully saturated rings. The summed E-state index contributed by atoms with van der Waals surface area (Å²) in [5.74, 6) is 0. The summed E-state index contributed by atoms with van der Waals surface area (Å²) in [4.78, 5) is 0. The summed E-state index contributed by atoms with van der Waals surface area (Å²) in [5, 5.41) is 0. The zero-order valence-corrected chi connectivity index (χ0v) is 22.4. The van der Waals surface area contributed by atoms with E-state index in [1.807, 2.05) is 0 Å². The SMILES string of the molecule is C[Si](C)(C)O[C@H]1O[C@H](O[Si](C)(C)C)[C@@H](O[Si](C)(C)C)[C@@H]1O[Si](C)(C)C. The summed E-state index contributed by atoms with van der Waals surface area (Å²) in [7, 11) is -7.18. The van der Waals surface area contributed by atoms with Crippen molar-refractivity contribution in [3.05, 3.63) is 0 Å². The zero-order valence-electron chi connectivity index (χ0n) is 18.4. The molecule has 1 saturated heterocycles. The van der Waals surface area contributed by atoms with Crippen LogP contribution in [0.2, 0.25) is 78.6 Å². The topological polar surface area (TPSA) is 46.2 Å². The molecule has 25 heavy (non-hydrogen) atoms. The Kier molecular flexibility index (Phi) is 7.55. The van der Waals surface area contributed by atoms with E-state index in [1.165, 1.54) is 0 Å². The second-order valence-electron chi connectivity index (χ2n) is 10.7. The minimum Gasteiger partial charge on any atom is -0.407 e. The Hall–Kier alpha value is 0.668. The Balaban J connectivity index is 3.16. The van der Waals surface area contributed by atoms with Gasteiger partial charge in [0.1, 0.15) is 12.2 Å². The van der Waals surface area contributed by atoms with Crippen molar-refractivity contribution in [1.82, 2.24) is 0 Å². The van der Waals surface area contributed by atoms with Crippen LogP contribution in [0.4, 0.5) is 0 Å². The van der Waals surface area contributed by atoms with E-state index < -0.39 is 45.8 Å². The quantitative estimate of drug-likeness (QED) is 0.523. The van der Waals surface area contributed by atoms with Crippen molar-refractivity contribution in [3.8, 4) is 0 Å². The number of ether oxygens (including phenoxy) is 1. The highest BCUT2D eigenvalue weighted by atomic mass is 28.4. The van der Waals surface area contributed by atoms with Crippen molar-refractivity contribution in [3.63, 3.8) is 0 Å². The lowest BCUT2D eigenvalue weighted by Gasteiger charge is -2.35. The maximum absolute atomic E-state index is 6.50. The fraction of sp³-hybridized carbons (Fsp3) is 1.00. The number of hydrogen-bond acceptors (Lipinski definition) is 5. The molecule has 0 radical (unpaired) electrons. The first-order valence-electron chi connectivity index (χ1n) is 9.23. The van der Waals surface area contributed by atoms with Gasteiger partial charge < -0.3 is 22.4 Å². The minimum atomic E-state index is -1.80. The van der Waals surface area contributed by atoms with Crippen LogP contribution in [0.1, 0.15) is 0 Å². The average Bonchev–Trinajstić information content (AvgIpc) is 2.49. The molecule has 0 saturated carbocycles. The highest BCUT2D eigenvalue weighted by Crippen LogP contribution is 2.35. The monoisotopic (exact) mass is 424 g/mol. The third kappa shape index (κ3) is 9.43. The molecule has 0 bridgehead atoms. The summed E-state index contributed by atoms with van der Waals surface area (Å²) < 4.78 is 31.9. The molecule has 0 aromatic rings. The summed E-state index contributed by atoms with van der Waals surface area (Å²) in [6, 6.07) is 0. The number of hydrogen-bond donors (Lipinski definition) is 0. The van der Waals surface area contributed by atoms with Gasteiger partial charge in [-0.25, -0.2) is 0 Å². The highest BCUT2D eigenvalue weighted by Gasteiger charge is 2.52. The smallest absolute Gasteiger partial charge is 0.187 e. The van der Waals surface area contributed by atoms with E-state index in [0.29, 0.717) is 0 Å². The molecule has 0 aromatic carbocycles. The van der Waals surface area contributed by atoms with E-state index in [0.717, 1.165) is 0 Å². The Bertz CT molecular complexity index is 394. The predicted molar refractivity (Wildman–Crippen MR) is 114 cm³/mol. The van der Waals surface area contributed by atoms with Crippen LogP contribution in [-0.2, 0) is 22.4 Å². The first-order chi connectivity index (χ1) is 10.9. The van der Waals surface area contributed by atoms with Crippen LogP contribution in [0.25, 0.3) is 0 Å². The molecule has 0 spiro atoms. The summed E-state index contributed by atoms with van der Waals surface area (Å²) in [5.41, 5.74) is 0. The van der Waals surface area contributed by atoms with E-state index in [2.05, 4.69) is 78.6 Å². The molecule has 0 amide bonds. The van der Waals surface area contributed by atoms with Gasteiger partial charge in [0, 0.05) is 0 Å². The highest BCUT2D eigenvalue weighted by molar-refractivity contribution is 6.71. The van der Waals surface area contributed by atoms with Crippen LogP contribution in [0, 0.1) is 0 Å². The first-order valence-corrected chi connectivity index (χ1v) is 22.9. The summed E-state index contributed by atoms with van der Waals surface area (Å²) in [6.45, 7) is 26.2. The van der Waals surface area contributed by atoms with Crippen LogP contribution in [-0.4, -0.2) is 58.1 Å². The molecule has 0 unspecified atom stereocenters. The lowest BCUT2D eigenvalue weighted by Crippen LogP contribution is -2.51. The molecule has 1 aliphatic heterocycles. The van der Waals surface area contributed by atoms with Gasteiger partial charge in [0.25, 0.3) is 0 Å². The van der Waals surface area contributed by atoms with Crippen LogP contribution in [0.15, 0.2) is 0 Å². The molecule has 0 aromatic heterocycles. The molecule has 0 aliphatic carbocycles. The van der Waals surface area contributed by atoms with Gasteiger partial charge in [-0.05, 0) is 78.6 Å². The van der Waals surface area contributed by atoms with Gasteiger partial charge in [0.2, 0.25) is 0 Å². The Morgan fingerprint density at radius 2 is 0.680 bits per heavy atom. The second-order valence-corrected chi connectivity index (χ2v) is 28.6. The molecule has 1 aliphatic rings. The van der Waals surface area contributed by atoms with Crippen molar-refractivity contribution < 1.29 is 22.4 Å². The van der Waals surface area contributed by atoms with Crippen molar-refractivity contribution >= 4 is 33.3 Å². The third-order valence-corrected chi connectivity index (χ3v) is 6.88. The fourth-order valence-corrected chi connectivity index (χ4v) is 6.44. The van der Waals surface area contributed by atoms with E-state index in [4.69, 9.17) is 22.4 Å². The van der Waals surface area contributed by atoms with Crippen LogP contribution >= 0.6 is 0 Å². The first kappa shape index (κ1) is 23.7. The fourth-order valence-electron chi connectivity index (χ4n) is 2.55. The van der Waals surface area contributed by atoms with Gasteiger partial charge in [-0.15, -0.1) is 0 Å². The molecular weight excluding hydrogens is 385 g/mol. The largest absolute Gasteiger partial charge is 0.407 e. The van der Waals surface area contributed by atoms with Gasteiger partial charge >= 0.3 is 0 Å². The molecular formula is C16H40O5Si4. The van der Waals surface area contributed by atoms with E-state index in [1.54, 1.807) is 0 Å². The van der Waals surface area contributed by atoms with Crippen LogP contribution in [0.5, 0.6) is 0 Å². The lowest BCUT2D eigenvalue weighted by molar-refractivity contribution is -0.164. The Labute approximate surface area is 159 Å². The molecule has 9 heteroatoms. The molecule has 4 atom stereocenters. The van der Waals surface area contributed by atoms with E-state index >= 15 is 0 Å². The maximum atomic E-state index is 6.50. The van der Waals surface area contributed by atoms with E-state index in [-0.39, 0.29) is 12.2 Å². The number of rotatable bonds is 8. The summed E-state index contributed by atoms with van der Waals surface area (Å²) in [6.07, 6.45) is -1.29. The van der Waals surface area contributed by atoms with Gasteiger partial charge in [0.15, 0.2) is 45.8 Å². The zero-order chi connectivity index (χ0) is 19.8. The molecule has 1 heterocycles.